The molecular weight excluding hydrogens is 521 g/mol. The van der Waals surface area contributed by atoms with Crippen molar-refractivity contribution >= 4 is 23.0 Å². The first kappa shape index (κ1) is 26.9. The monoisotopic (exact) mass is 555 g/mol. The Labute approximate surface area is 239 Å². The topological polar surface area (TPSA) is 102 Å². The Morgan fingerprint density at radius 3 is 2.61 bits per heavy atom. The molecule has 4 aromatic rings. The van der Waals surface area contributed by atoms with Gasteiger partial charge in [0.2, 0.25) is 0 Å². The largest absolute Gasteiger partial charge is 0.496 e. The lowest BCUT2D eigenvalue weighted by atomic mass is 10.0. The highest BCUT2D eigenvalue weighted by atomic mass is 19.1. The Morgan fingerprint density at radius 2 is 1.83 bits per heavy atom. The zero-order valence-corrected chi connectivity index (χ0v) is 23.1. The standard InChI is InChI=1S/C31H34FN7O2/c1-40-27-6-2-5-25(32)30(27)31-34-12-11-28(37-31)36-29-18-26(39-13-3-4-22(33)20-39)24(19-35-29)21-7-9-23(10-8-21)38-14-16-41-17-15-38/h2,5-12,18-19,22H,3-4,13-17,20,33H2,1H3,(H,34,35,36,37)/t22-/m0/s1. The lowest BCUT2D eigenvalue weighted by Crippen LogP contribution is -2.43. The number of morpholine rings is 1. The average Bonchev–Trinajstić information content (AvgIpc) is 3.01. The van der Waals surface area contributed by atoms with Crippen LogP contribution in [0.1, 0.15) is 12.8 Å². The number of benzene rings is 2. The van der Waals surface area contributed by atoms with Crippen LogP contribution in [0.25, 0.3) is 22.5 Å². The average molecular weight is 556 g/mol. The van der Waals surface area contributed by atoms with Gasteiger partial charge in [0.25, 0.3) is 0 Å². The van der Waals surface area contributed by atoms with Crippen LogP contribution >= 0.6 is 0 Å². The van der Waals surface area contributed by atoms with Crippen molar-refractivity contribution in [2.45, 2.75) is 18.9 Å². The zero-order valence-electron chi connectivity index (χ0n) is 23.1. The molecule has 0 amide bonds. The second kappa shape index (κ2) is 12.1. The van der Waals surface area contributed by atoms with Crippen molar-refractivity contribution in [3.8, 4) is 28.3 Å². The summed E-state index contributed by atoms with van der Waals surface area (Å²) < 4.78 is 25.5. The van der Waals surface area contributed by atoms with Crippen molar-refractivity contribution in [3.05, 3.63) is 72.8 Å². The van der Waals surface area contributed by atoms with Gasteiger partial charge in [-0.15, -0.1) is 0 Å². The Bertz CT molecular complexity index is 1490. The quantitative estimate of drug-likeness (QED) is 0.331. The Kier molecular flexibility index (Phi) is 7.93. The van der Waals surface area contributed by atoms with Crippen LogP contribution in [0.4, 0.5) is 27.4 Å². The second-order valence-electron chi connectivity index (χ2n) is 10.3. The van der Waals surface area contributed by atoms with E-state index in [0.717, 1.165) is 69.0 Å². The summed E-state index contributed by atoms with van der Waals surface area (Å²) in [6.45, 7) is 4.98. The first-order chi connectivity index (χ1) is 20.1. The second-order valence-corrected chi connectivity index (χ2v) is 10.3. The van der Waals surface area contributed by atoms with E-state index in [4.69, 9.17) is 20.2 Å². The van der Waals surface area contributed by atoms with E-state index in [9.17, 15) is 4.39 Å². The predicted molar refractivity (Wildman–Crippen MR) is 159 cm³/mol. The third-order valence-corrected chi connectivity index (χ3v) is 7.57. The minimum absolute atomic E-state index is 0.116. The normalized spacial score (nSPS) is 17.4. The maximum absolute atomic E-state index is 14.7. The number of nitrogens with two attached hydrogens (primary N) is 1. The molecule has 41 heavy (non-hydrogen) atoms. The summed E-state index contributed by atoms with van der Waals surface area (Å²) >= 11 is 0. The van der Waals surface area contributed by atoms with Gasteiger partial charge in [0.15, 0.2) is 5.82 Å². The van der Waals surface area contributed by atoms with Crippen LogP contribution in [-0.2, 0) is 4.74 Å². The molecule has 2 fully saturated rings. The molecule has 2 aromatic carbocycles. The number of halogens is 1. The van der Waals surface area contributed by atoms with E-state index in [1.807, 2.05) is 12.3 Å². The first-order valence-corrected chi connectivity index (χ1v) is 14.0. The zero-order chi connectivity index (χ0) is 28.2. The lowest BCUT2D eigenvalue weighted by molar-refractivity contribution is 0.122. The molecule has 0 radical (unpaired) electrons. The number of pyridine rings is 1. The molecule has 1 atom stereocenters. The van der Waals surface area contributed by atoms with Gasteiger partial charge in [-0.25, -0.2) is 19.3 Å². The number of ether oxygens (including phenoxy) is 2. The van der Waals surface area contributed by atoms with E-state index >= 15 is 0 Å². The summed E-state index contributed by atoms with van der Waals surface area (Å²) in [5.74, 6) is 1.26. The maximum atomic E-state index is 14.7. The number of hydrogen-bond acceptors (Lipinski definition) is 9. The van der Waals surface area contributed by atoms with Crippen LogP contribution in [0, 0.1) is 5.82 Å². The fourth-order valence-corrected chi connectivity index (χ4v) is 5.47. The summed E-state index contributed by atoms with van der Waals surface area (Å²) in [5.41, 5.74) is 11.0. The molecule has 3 N–H and O–H groups in total. The highest BCUT2D eigenvalue weighted by Gasteiger charge is 2.22. The summed E-state index contributed by atoms with van der Waals surface area (Å²) in [7, 11) is 1.50. The minimum atomic E-state index is -0.452. The van der Waals surface area contributed by atoms with Gasteiger partial charge in [0.05, 0.1) is 25.9 Å². The SMILES string of the molecule is COc1cccc(F)c1-c1nccc(Nc2cc(N3CCC[C@H](N)C3)c(-c3ccc(N4CCOCC4)cc3)cn2)n1. The number of nitrogens with one attached hydrogen (secondary N) is 1. The van der Waals surface area contributed by atoms with Gasteiger partial charge in [-0.3, -0.25) is 0 Å². The van der Waals surface area contributed by atoms with E-state index in [0.29, 0.717) is 17.4 Å². The number of rotatable bonds is 7. The lowest BCUT2D eigenvalue weighted by Gasteiger charge is -2.34. The first-order valence-electron chi connectivity index (χ1n) is 14.0. The third kappa shape index (κ3) is 5.94. The number of anilines is 4. The highest BCUT2D eigenvalue weighted by molar-refractivity contribution is 5.81. The molecule has 0 aliphatic carbocycles. The third-order valence-electron chi connectivity index (χ3n) is 7.57. The van der Waals surface area contributed by atoms with Gasteiger partial charge in [0, 0.05) is 67.6 Å². The number of nitrogens with zero attached hydrogens (tertiary/aromatic N) is 5. The summed E-state index contributed by atoms with van der Waals surface area (Å²) in [4.78, 5) is 18.3. The van der Waals surface area contributed by atoms with Crippen molar-refractivity contribution in [2.75, 3.05) is 61.6 Å². The molecule has 9 nitrogen and oxygen atoms in total. The summed E-state index contributed by atoms with van der Waals surface area (Å²) in [6, 6.07) is 17.2. The number of methoxy groups -OCH3 is 1. The van der Waals surface area contributed by atoms with Gasteiger partial charge in [-0.2, -0.15) is 0 Å². The molecular formula is C31H34FN7O2. The van der Waals surface area contributed by atoms with Crippen molar-refractivity contribution in [3.63, 3.8) is 0 Å². The van der Waals surface area contributed by atoms with Gasteiger partial charge in [0.1, 0.15) is 23.2 Å². The molecule has 10 heteroatoms. The van der Waals surface area contributed by atoms with E-state index in [-0.39, 0.29) is 17.4 Å². The van der Waals surface area contributed by atoms with Crippen molar-refractivity contribution in [1.29, 1.82) is 0 Å². The molecule has 0 unspecified atom stereocenters. The molecule has 212 valence electrons. The van der Waals surface area contributed by atoms with Crippen LogP contribution < -0.4 is 25.6 Å². The Balaban J connectivity index is 1.31. The molecule has 0 spiro atoms. The maximum Gasteiger partial charge on any atom is 0.168 e. The van der Waals surface area contributed by atoms with Gasteiger partial charge in [-0.1, -0.05) is 18.2 Å². The van der Waals surface area contributed by atoms with Crippen LogP contribution in [0.2, 0.25) is 0 Å². The Hall–Kier alpha value is -4.28. The summed E-state index contributed by atoms with van der Waals surface area (Å²) in [5, 5.41) is 3.29. The highest BCUT2D eigenvalue weighted by Crippen LogP contribution is 2.36. The van der Waals surface area contributed by atoms with Crippen LogP contribution in [-0.4, -0.2) is 67.5 Å². The van der Waals surface area contributed by atoms with Gasteiger partial charge >= 0.3 is 0 Å². The summed E-state index contributed by atoms with van der Waals surface area (Å²) in [6.07, 6.45) is 5.52. The van der Waals surface area contributed by atoms with Crippen molar-refractivity contribution in [2.24, 2.45) is 5.73 Å². The molecule has 2 saturated heterocycles. The minimum Gasteiger partial charge on any atom is -0.496 e. The molecule has 2 aliphatic rings. The number of piperidine rings is 1. The predicted octanol–water partition coefficient (Wildman–Crippen LogP) is 4.86. The van der Waals surface area contributed by atoms with Crippen molar-refractivity contribution < 1.29 is 13.9 Å². The fraction of sp³-hybridized carbons (Fsp3) is 0.323. The smallest absolute Gasteiger partial charge is 0.168 e. The van der Waals surface area contributed by atoms with E-state index in [1.165, 1.54) is 18.9 Å². The molecule has 0 saturated carbocycles. The van der Waals surface area contributed by atoms with E-state index in [1.54, 1.807) is 24.4 Å². The number of aromatic nitrogens is 3. The van der Waals surface area contributed by atoms with E-state index in [2.05, 4.69) is 49.4 Å². The fourth-order valence-electron chi connectivity index (χ4n) is 5.47. The van der Waals surface area contributed by atoms with Crippen LogP contribution in [0.3, 0.4) is 0 Å². The molecule has 6 rings (SSSR count). The van der Waals surface area contributed by atoms with Crippen LogP contribution in [0.5, 0.6) is 5.75 Å². The molecule has 0 bridgehead atoms. The molecule has 2 aliphatic heterocycles. The van der Waals surface area contributed by atoms with Gasteiger partial charge in [-0.05, 0) is 48.7 Å². The Morgan fingerprint density at radius 1 is 1.00 bits per heavy atom. The van der Waals surface area contributed by atoms with E-state index < -0.39 is 5.82 Å². The van der Waals surface area contributed by atoms with Crippen molar-refractivity contribution in [1.82, 2.24) is 15.0 Å². The number of hydrogen-bond donors (Lipinski definition) is 2. The van der Waals surface area contributed by atoms with Crippen LogP contribution in [0.15, 0.2) is 67.0 Å². The molecule has 2 aromatic heterocycles. The molecule has 4 heterocycles. The van der Waals surface area contributed by atoms with Gasteiger partial charge < -0.3 is 30.3 Å².